The second-order valence-electron chi connectivity index (χ2n) is 6.16. The molecule has 1 aromatic heterocycles. The lowest BCUT2D eigenvalue weighted by atomic mass is 10.0. The summed E-state index contributed by atoms with van der Waals surface area (Å²) in [7, 11) is 0. The number of nitrogens with zero attached hydrogens (tertiary/aromatic N) is 2. The predicted octanol–water partition coefficient (Wildman–Crippen LogP) is 6.04. The summed E-state index contributed by atoms with van der Waals surface area (Å²) >= 11 is 1.56. The second-order valence-corrected chi connectivity index (χ2v) is 7.25. The van der Waals surface area contributed by atoms with Crippen LogP contribution in [-0.4, -0.2) is 10.2 Å². The van der Waals surface area contributed by atoms with Crippen LogP contribution in [0.2, 0.25) is 0 Å². The third-order valence-corrected chi connectivity index (χ3v) is 5.50. The van der Waals surface area contributed by atoms with E-state index in [1.807, 2.05) is 30.3 Å². The van der Waals surface area contributed by atoms with Gasteiger partial charge in [-0.1, -0.05) is 42.5 Å². The molecule has 0 atom stereocenters. The molecule has 0 saturated carbocycles. The molecule has 3 nitrogen and oxygen atoms in total. The van der Waals surface area contributed by atoms with Crippen LogP contribution in [0.4, 0.5) is 8.78 Å². The second kappa shape index (κ2) is 8.35. The zero-order chi connectivity index (χ0) is 19.3. The van der Waals surface area contributed by atoms with E-state index in [1.165, 1.54) is 24.3 Å². The molecule has 0 aliphatic carbocycles. The maximum atomic E-state index is 13.3. The number of hydrogen-bond acceptors (Lipinski definition) is 4. The highest BCUT2D eigenvalue weighted by Crippen LogP contribution is 2.37. The lowest BCUT2D eigenvalue weighted by Crippen LogP contribution is -1.98. The fourth-order valence-electron chi connectivity index (χ4n) is 2.82. The number of rotatable bonds is 6. The van der Waals surface area contributed by atoms with Gasteiger partial charge >= 0.3 is 0 Å². The van der Waals surface area contributed by atoms with Crippen molar-refractivity contribution in [3.8, 4) is 11.5 Å². The van der Waals surface area contributed by atoms with E-state index >= 15 is 0 Å². The van der Waals surface area contributed by atoms with Crippen molar-refractivity contribution in [1.29, 1.82) is 0 Å². The van der Waals surface area contributed by atoms with E-state index in [4.69, 9.17) is 4.42 Å². The molecule has 0 N–H and O–H groups in total. The van der Waals surface area contributed by atoms with E-state index in [0.717, 1.165) is 16.7 Å². The monoisotopic (exact) mass is 394 g/mol. The van der Waals surface area contributed by atoms with Crippen LogP contribution < -0.4 is 0 Å². The van der Waals surface area contributed by atoms with Crippen LogP contribution in [0.1, 0.15) is 22.3 Å². The van der Waals surface area contributed by atoms with Gasteiger partial charge in [-0.3, -0.25) is 0 Å². The Balaban J connectivity index is 1.55. The molecule has 0 aliphatic rings. The number of hydrogen-bond donors (Lipinski definition) is 0. The largest absolute Gasteiger partial charge is 0.420 e. The van der Waals surface area contributed by atoms with Gasteiger partial charge in [-0.05, 0) is 47.5 Å². The van der Waals surface area contributed by atoms with Crippen molar-refractivity contribution in [2.75, 3.05) is 0 Å². The fourth-order valence-corrected chi connectivity index (χ4v) is 3.95. The minimum absolute atomic E-state index is 0.117. The maximum absolute atomic E-state index is 13.3. The lowest BCUT2D eigenvalue weighted by Gasteiger charge is -2.17. The van der Waals surface area contributed by atoms with Gasteiger partial charge in [0.1, 0.15) is 11.6 Å². The van der Waals surface area contributed by atoms with Crippen molar-refractivity contribution in [3.05, 3.63) is 108 Å². The molecular weight excluding hydrogens is 378 g/mol. The molecule has 28 heavy (non-hydrogen) atoms. The molecule has 0 bridgehead atoms. The van der Waals surface area contributed by atoms with Gasteiger partial charge in [0, 0.05) is 5.56 Å². The van der Waals surface area contributed by atoms with Gasteiger partial charge in [0.25, 0.3) is 0 Å². The molecule has 6 heteroatoms. The third-order valence-electron chi connectivity index (χ3n) is 4.21. The molecule has 0 amide bonds. The van der Waals surface area contributed by atoms with Crippen molar-refractivity contribution in [1.82, 2.24) is 10.2 Å². The first-order valence-corrected chi connectivity index (χ1v) is 9.74. The number of aromatic nitrogens is 2. The van der Waals surface area contributed by atoms with E-state index in [9.17, 15) is 8.78 Å². The minimum Gasteiger partial charge on any atom is -0.420 e. The van der Waals surface area contributed by atoms with Crippen molar-refractivity contribution < 1.29 is 13.2 Å². The topological polar surface area (TPSA) is 38.9 Å². The quantitative estimate of drug-likeness (QED) is 0.400. The zero-order valence-corrected chi connectivity index (χ0v) is 15.6. The van der Waals surface area contributed by atoms with Crippen molar-refractivity contribution in [2.45, 2.75) is 11.0 Å². The molecule has 0 spiro atoms. The standard InChI is InChI=1S/C22H16F2N2OS/c23-18-10-6-15(7-11-18)21(16-8-12-19(24)13-9-16)28-14-20-25-26-22(27-20)17-4-2-1-3-5-17/h1-13,21H,14H2. The van der Waals surface area contributed by atoms with Gasteiger partial charge in [-0.15, -0.1) is 22.0 Å². The molecule has 3 aromatic carbocycles. The highest BCUT2D eigenvalue weighted by molar-refractivity contribution is 7.98. The Morgan fingerprint density at radius 3 is 1.89 bits per heavy atom. The summed E-state index contributed by atoms with van der Waals surface area (Å²) in [6.07, 6.45) is 0. The molecule has 0 aliphatic heterocycles. The van der Waals surface area contributed by atoms with Crippen LogP contribution in [0, 0.1) is 11.6 Å². The smallest absolute Gasteiger partial charge is 0.247 e. The summed E-state index contributed by atoms with van der Waals surface area (Å²) in [5.41, 5.74) is 2.70. The average molecular weight is 394 g/mol. The highest BCUT2D eigenvalue weighted by atomic mass is 32.2. The molecule has 0 fully saturated rings. The molecule has 0 unspecified atom stereocenters. The molecule has 0 radical (unpaired) electrons. The number of thioether (sulfide) groups is 1. The first-order chi connectivity index (χ1) is 13.7. The predicted molar refractivity (Wildman–Crippen MR) is 106 cm³/mol. The van der Waals surface area contributed by atoms with E-state index in [-0.39, 0.29) is 16.9 Å². The van der Waals surface area contributed by atoms with Gasteiger partial charge in [0.05, 0.1) is 11.0 Å². The Morgan fingerprint density at radius 2 is 1.32 bits per heavy atom. The Hall–Kier alpha value is -2.99. The Labute approximate surface area is 165 Å². The summed E-state index contributed by atoms with van der Waals surface area (Å²) in [6, 6.07) is 22.2. The summed E-state index contributed by atoms with van der Waals surface area (Å²) in [6.45, 7) is 0. The molecule has 140 valence electrons. The number of benzene rings is 3. The van der Waals surface area contributed by atoms with E-state index in [2.05, 4.69) is 10.2 Å². The van der Waals surface area contributed by atoms with Crippen LogP contribution in [0.15, 0.2) is 83.3 Å². The van der Waals surface area contributed by atoms with Crippen molar-refractivity contribution in [2.24, 2.45) is 0 Å². The summed E-state index contributed by atoms with van der Waals surface area (Å²) in [5, 5.41) is 8.11. The van der Waals surface area contributed by atoms with Gasteiger partial charge in [-0.25, -0.2) is 8.78 Å². The van der Waals surface area contributed by atoms with E-state index in [1.54, 1.807) is 36.0 Å². The fraction of sp³-hybridized carbons (Fsp3) is 0.0909. The first-order valence-electron chi connectivity index (χ1n) is 8.69. The average Bonchev–Trinajstić information content (AvgIpc) is 3.20. The normalized spacial score (nSPS) is 11.1. The van der Waals surface area contributed by atoms with Gasteiger partial charge in [0.2, 0.25) is 11.8 Å². The Morgan fingerprint density at radius 1 is 0.750 bits per heavy atom. The summed E-state index contributed by atoms with van der Waals surface area (Å²) in [5.74, 6) is 0.848. The van der Waals surface area contributed by atoms with Gasteiger partial charge < -0.3 is 4.42 Å². The summed E-state index contributed by atoms with van der Waals surface area (Å²) in [4.78, 5) is 0. The van der Waals surface area contributed by atoms with E-state index < -0.39 is 0 Å². The molecular formula is C22H16F2N2OS. The first kappa shape index (κ1) is 18.4. The van der Waals surface area contributed by atoms with Gasteiger partial charge in [-0.2, -0.15) is 0 Å². The Kier molecular flexibility index (Phi) is 5.48. The van der Waals surface area contributed by atoms with Crippen LogP contribution in [0.25, 0.3) is 11.5 Å². The SMILES string of the molecule is Fc1ccc(C(SCc2nnc(-c3ccccc3)o2)c2ccc(F)cc2)cc1. The Bertz CT molecular complexity index is 989. The molecule has 4 aromatic rings. The lowest BCUT2D eigenvalue weighted by molar-refractivity contribution is 0.528. The van der Waals surface area contributed by atoms with Crippen LogP contribution in [-0.2, 0) is 5.75 Å². The summed E-state index contributed by atoms with van der Waals surface area (Å²) < 4.78 is 32.4. The van der Waals surface area contributed by atoms with E-state index in [0.29, 0.717) is 17.5 Å². The van der Waals surface area contributed by atoms with Crippen molar-refractivity contribution in [3.63, 3.8) is 0 Å². The van der Waals surface area contributed by atoms with Crippen LogP contribution >= 0.6 is 11.8 Å². The highest BCUT2D eigenvalue weighted by Gasteiger charge is 2.17. The molecule has 0 saturated heterocycles. The third kappa shape index (κ3) is 4.28. The van der Waals surface area contributed by atoms with Crippen LogP contribution in [0.5, 0.6) is 0 Å². The van der Waals surface area contributed by atoms with Crippen LogP contribution in [0.3, 0.4) is 0 Å². The van der Waals surface area contributed by atoms with Gasteiger partial charge in [0.15, 0.2) is 0 Å². The minimum atomic E-state index is -0.295. The molecule has 1 heterocycles. The number of halogens is 2. The maximum Gasteiger partial charge on any atom is 0.247 e. The molecule has 4 rings (SSSR count). The zero-order valence-electron chi connectivity index (χ0n) is 14.8. The van der Waals surface area contributed by atoms with Crippen molar-refractivity contribution >= 4 is 11.8 Å².